The van der Waals surface area contributed by atoms with E-state index in [0.29, 0.717) is 19.6 Å². The molecular formula is C13H21N3O. The van der Waals surface area contributed by atoms with E-state index in [1.807, 2.05) is 30.1 Å². The van der Waals surface area contributed by atoms with Gasteiger partial charge in [0, 0.05) is 19.6 Å². The lowest BCUT2D eigenvalue weighted by atomic mass is 10.1. The van der Waals surface area contributed by atoms with Crippen molar-refractivity contribution in [3.05, 3.63) is 35.9 Å². The number of nitrogens with one attached hydrogen (secondary N) is 1. The first-order valence-corrected chi connectivity index (χ1v) is 5.91. The lowest BCUT2D eigenvalue weighted by Crippen LogP contribution is -2.38. The van der Waals surface area contributed by atoms with E-state index in [9.17, 15) is 4.79 Å². The minimum absolute atomic E-state index is 0.0333. The second kappa shape index (κ2) is 7.81. The van der Waals surface area contributed by atoms with Gasteiger partial charge in [0.1, 0.15) is 0 Å². The average Bonchev–Trinajstić information content (AvgIpc) is 2.35. The van der Waals surface area contributed by atoms with Gasteiger partial charge in [-0.3, -0.25) is 9.69 Å². The Morgan fingerprint density at radius 1 is 1.35 bits per heavy atom. The Kier molecular flexibility index (Phi) is 6.29. The molecule has 0 heterocycles. The molecule has 0 saturated carbocycles. The van der Waals surface area contributed by atoms with Crippen LogP contribution in [-0.2, 0) is 11.2 Å². The summed E-state index contributed by atoms with van der Waals surface area (Å²) in [5.74, 6) is 0.0333. The highest BCUT2D eigenvalue weighted by Gasteiger charge is 2.05. The average molecular weight is 235 g/mol. The van der Waals surface area contributed by atoms with Crippen molar-refractivity contribution >= 4 is 5.91 Å². The minimum atomic E-state index is 0.0333. The number of rotatable bonds is 7. The highest BCUT2D eigenvalue weighted by Crippen LogP contribution is 2.00. The van der Waals surface area contributed by atoms with Gasteiger partial charge in [-0.15, -0.1) is 0 Å². The number of amides is 1. The molecule has 0 bridgehead atoms. The van der Waals surface area contributed by atoms with Crippen LogP contribution in [0.2, 0.25) is 0 Å². The fraction of sp³-hybridized carbons (Fsp3) is 0.462. The second-order valence-corrected chi connectivity index (χ2v) is 4.11. The zero-order valence-electron chi connectivity index (χ0n) is 10.4. The van der Waals surface area contributed by atoms with Crippen molar-refractivity contribution in [2.75, 3.05) is 33.2 Å². The molecule has 1 aromatic rings. The van der Waals surface area contributed by atoms with E-state index in [2.05, 4.69) is 17.4 Å². The predicted octanol–water partition coefficient (Wildman–Crippen LogP) is 0.236. The molecule has 0 fully saturated rings. The minimum Gasteiger partial charge on any atom is -0.354 e. The van der Waals surface area contributed by atoms with Gasteiger partial charge in [0.25, 0.3) is 0 Å². The van der Waals surface area contributed by atoms with Crippen molar-refractivity contribution in [3.8, 4) is 0 Å². The second-order valence-electron chi connectivity index (χ2n) is 4.11. The molecule has 0 radical (unpaired) electrons. The first-order valence-electron chi connectivity index (χ1n) is 5.91. The summed E-state index contributed by atoms with van der Waals surface area (Å²) in [6, 6.07) is 10.3. The Bertz CT molecular complexity index is 327. The molecule has 4 heteroatoms. The van der Waals surface area contributed by atoms with E-state index in [4.69, 9.17) is 5.73 Å². The van der Waals surface area contributed by atoms with Gasteiger partial charge >= 0.3 is 0 Å². The zero-order chi connectivity index (χ0) is 12.5. The van der Waals surface area contributed by atoms with Crippen LogP contribution in [0.25, 0.3) is 0 Å². The van der Waals surface area contributed by atoms with Crippen molar-refractivity contribution in [1.29, 1.82) is 0 Å². The highest BCUT2D eigenvalue weighted by atomic mass is 16.2. The Labute approximate surface area is 103 Å². The van der Waals surface area contributed by atoms with Crippen LogP contribution in [0.1, 0.15) is 5.56 Å². The number of nitrogens with two attached hydrogens (primary N) is 1. The molecule has 0 aliphatic heterocycles. The van der Waals surface area contributed by atoms with Gasteiger partial charge in [-0.05, 0) is 19.0 Å². The molecule has 0 aliphatic carbocycles. The van der Waals surface area contributed by atoms with Gasteiger partial charge in [-0.1, -0.05) is 30.3 Å². The van der Waals surface area contributed by atoms with Crippen LogP contribution >= 0.6 is 0 Å². The third-order valence-corrected chi connectivity index (χ3v) is 2.51. The number of hydrogen-bond acceptors (Lipinski definition) is 3. The summed E-state index contributed by atoms with van der Waals surface area (Å²) in [6.45, 7) is 2.33. The maximum atomic E-state index is 11.4. The van der Waals surface area contributed by atoms with Crippen LogP contribution in [-0.4, -0.2) is 44.0 Å². The molecule has 0 unspecified atom stereocenters. The normalized spacial score (nSPS) is 10.5. The summed E-state index contributed by atoms with van der Waals surface area (Å²) in [5, 5.41) is 2.76. The number of carbonyl (C=O) groups is 1. The first kappa shape index (κ1) is 13.7. The maximum Gasteiger partial charge on any atom is 0.234 e. The SMILES string of the molecule is CN(CCc1ccccc1)CC(=O)NCCN. The van der Waals surface area contributed by atoms with E-state index < -0.39 is 0 Å². The van der Waals surface area contributed by atoms with Crippen molar-refractivity contribution in [1.82, 2.24) is 10.2 Å². The first-order chi connectivity index (χ1) is 8.22. The molecular weight excluding hydrogens is 214 g/mol. The van der Waals surface area contributed by atoms with E-state index in [-0.39, 0.29) is 5.91 Å². The van der Waals surface area contributed by atoms with Crippen LogP contribution in [0.4, 0.5) is 0 Å². The molecule has 4 nitrogen and oxygen atoms in total. The predicted molar refractivity (Wildman–Crippen MR) is 69.7 cm³/mol. The van der Waals surface area contributed by atoms with E-state index in [0.717, 1.165) is 13.0 Å². The zero-order valence-corrected chi connectivity index (χ0v) is 10.4. The van der Waals surface area contributed by atoms with Crippen LogP contribution in [0.15, 0.2) is 30.3 Å². The molecule has 0 spiro atoms. The van der Waals surface area contributed by atoms with Crippen LogP contribution in [0.5, 0.6) is 0 Å². The summed E-state index contributed by atoms with van der Waals surface area (Å²) in [5.41, 5.74) is 6.61. The molecule has 3 N–H and O–H groups in total. The molecule has 1 aromatic carbocycles. The lowest BCUT2D eigenvalue weighted by molar-refractivity contribution is -0.121. The summed E-state index contributed by atoms with van der Waals surface area (Å²) >= 11 is 0. The number of carbonyl (C=O) groups excluding carboxylic acids is 1. The van der Waals surface area contributed by atoms with Gasteiger partial charge in [0.2, 0.25) is 5.91 Å². The van der Waals surface area contributed by atoms with E-state index in [1.54, 1.807) is 0 Å². The summed E-state index contributed by atoms with van der Waals surface area (Å²) in [4.78, 5) is 13.4. The van der Waals surface area contributed by atoms with Gasteiger partial charge < -0.3 is 11.1 Å². The van der Waals surface area contributed by atoms with Crippen molar-refractivity contribution < 1.29 is 4.79 Å². The number of nitrogens with zero attached hydrogens (tertiary/aromatic N) is 1. The molecule has 94 valence electrons. The van der Waals surface area contributed by atoms with Gasteiger partial charge in [0.15, 0.2) is 0 Å². The highest BCUT2D eigenvalue weighted by molar-refractivity contribution is 5.77. The topological polar surface area (TPSA) is 58.4 Å². The third kappa shape index (κ3) is 6.04. The maximum absolute atomic E-state index is 11.4. The van der Waals surface area contributed by atoms with Crippen LogP contribution < -0.4 is 11.1 Å². The van der Waals surface area contributed by atoms with Crippen LogP contribution in [0, 0.1) is 0 Å². The molecule has 1 rings (SSSR count). The lowest BCUT2D eigenvalue weighted by Gasteiger charge is -2.16. The Morgan fingerprint density at radius 2 is 2.06 bits per heavy atom. The quantitative estimate of drug-likeness (QED) is 0.711. The smallest absolute Gasteiger partial charge is 0.234 e. The van der Waals surface area contributed by atoms with Crippen molar-refractivity contribution in [2.45, 2.75) is 6.42 Å². The summed E-state index contributed by atoms with van der Waals surface area (Å²) in [7, 11) is 1.95. The monoisotopic (exact) mass is 235 g/mol. The Balaban J connectivity index is 2.21. The fourth-order valence-electron chi connectivity index (χ4n) is 1.56. The number of likely N-dealkylation sites (N-methyl/N-ethyl adjacent to an activating group) is 1. The number of hydrogen-bond donors (Lipinski definition) is 2. The molecule has 0 atom stereocenters. The van der Waals surface area contributed by atoms with Gasteiger partial charge in [-0.25, -0.2) is 0 Å². The summed E-state index contributed by atoms with van der Waals surface area (Å²) in [6.07, 6.45) is 0.960. The van der Waals surface area contributed by atoms with Gasteiger partial charge in [0.05, 0.1) is 6.54 Å². The molecule has 0 aliphatic rings. The summed E-state index contributed by atoms with van der Waals surface area (Å²) < 4.78 is 0. The molecule has 0 aromatic heterocycles. The molecule has 1 amide bonds. The number of benzene rings is 1. The van der Waals surface area contributed by atoms with Crippen LogP contribution in [0.3, 0.4) is 0 Å². The molecule has 17 heavy (non-hydrogen) atoms. The third-order valence-electron chi connectivity index (χ3n) is 2.51. The Morgan fingerprint density at radius 3 is 2.71 bits per heavy atom. The Hall–Kier alpha value is -1.39. The van der Waals surface area contributed by atoms with Crippen molar-refractivity contribution in [3.63, 3.8) is 0 Å². The largest absolute Gasteiger partial charge is 0.354 e. The fourth-order valence-corrected chi connectivity index (χ4v) is 1.56. The molecule has 0 saturated heterocycles. The van der Waals surface area contributed by atoms with Crippen molar-refractivity contribution in [2.24, 2.45) is 5.73 Å². The van der Waals surface area contributed by atoms with E-state index >= 15 is 0 Å². The van der Waals surface area contributed by atoms with Gasteiger partial charge in [-0.2, -0.15) is 0 Å². The van der Waals surface area contributed by atoms with E-state index in [1.165, 1.54) is 5.56 Å². The standard InChI is InChI=1S/C13H21N3O/c1-16(11-13(17)15-9-8-14)10-7-12-5-3-2-4-6-12/h2-6H,7-11,14H2,1H3,(H,15,17).